The number of aliphatic hydroxyl groups excluding tert-OH is 11. The van der Waals surface area contributed by atoms with E-state index in [-0.39, 0.29) is 18.4 Å². The first kappa shape index (κ1) is 75.8. The standard InChI is InChI=1S/C61H102O29/c1-10-13-19-22-34-23-20-17-15-14-16-18-21-24-38(66)83-51-47(85-55(75)29(5)12-3)41(69)36(26-63)81-60(51)87-48-42(70)37(27-64)82-61(88-49-44(72)39(67)32(8)77-58(49)79-34)52(48)90-59-53(86-56(76)30(6)31(7)65)50(46(33(9)78-59)84-54(74)28(4)11-2)89-57-45(73)43(71)40(68)35(25-62)80-57/h11,29-37,39-53,57-65,67-73H,10,12-27H2,1-9H3. The Hall–Kier alpha value is -3.22. The van der Waals surface area contributed by atoms with Crippen LogP contribution in [0.2, 0.25) is 0 Å². The zero-order valence-electron chi connectivity index (χ0n) is 53.1. The Labute approximate surface area is 525 Å². The molecule has 6 fully saturated rings. The van der Waals surface area contributed by atoms with Gasteiger partial charge in [-0.3, -0.25) is 14.4 Å². The maximum absolute atomic E-state index is 14.4. The molecule has 29 nitrogen and oxygen atoms in total. The van der Waals surface area contributed by atoms with Gasteiger partial charge in [0.2, 0.25) is 0 Å². The Morgan fingerprint density at radius 1 is 0.556 bits per heavy atom. The van der Waals surface area contributed by atoms with Crippen molar-refractivity contribution in [3.05, 3.63) is 11.6 Å². The first-order chi connectivity index (χ1) is 42.8. The number of rotatable bonds is 19. The van der Waals surface area contributed by atoms with E-state index < -0.39 is 221 Å². The molecule has 6 rings (SSSR count). The quantitative estimate of drug-likeness (QED) is 0.0347. The molecule has 90 heavy (non-hydrogen) atoms. The number of carbonyl (C=O) groups excluding carboxylic acids is 4. The van der Waals surface area contributed by atoms with E-state index in [2.05, 4.69) is 6.92 Å². The number of carbonyl (C=O) groups is 4. The van der Waals surface area contributed by atoms with Crippen molar-refractivity contribution >= 4 is 23.9 Å². The average molecular weight is 1300 g/mol. The summed E-state index contributed by atoms with van der Waals surface area (Å²) < 4.78 is 88.6. The van der Waals surface area contributed by atoms with Crippen molar-refractivity contribution in [2.75, 3.05) is 19.8 Å². The number of aliphatic hydroxyl groups is 11. The van der Waals surface area contributed by atoms with Crippen LogP contribution < -0.4 is 0 Å². The lowest BCUT2D eigenvalue weighted by atomic mass is 9.94. The van der Waals surface area contributed by atoms with Gasteiger partial charge in [-0.15, -0.1) is 0 Å². The molecule has 520 valence electrons. The van der Waals surface area contributed by atoms with Gasteiger partial charge < -0.3 is 122 Å². The summed E-state index contributed by atoms with van der Waals surface area (Å²) in [5, 5.41) is 124. The number of unbranched alkanes of at least 4 members (excludes halogenated alkanes) is 2. The average Bonchev–Trinajstić information content (AvgIpc) is 1.17. The minimum atomic E-state index is -2.15. The summed E-state index contributed by atoms with van der Waals surface area (Å²) in [5.74, 6) is -5.94. The van der Waals surface area contributed by atoms with E-state index in [9.17, 15) is 75.3 Å². The lowest BCUT2D eigenvalue weighted by Gasteiger charge is -2.52. The molecule has 0 radical (unpaired) electrons. The summed E-state index contributed by atoms with van der Waals surface area (Å²) >= 11 is 0. The van der Waals surface area contributed by atoms with Gasteiger partial charge in [0, 0.05) is 12.0 Å². The Balaban J connectivity index is 1.58. The summed E-state index contributed by atoms with van der Waals surface area (Å²) in [5.41, 5.74) is 0.0640. The lowest BCUT2D eigenvalue weighted by Crippen LogP contribution is -2.69. The first-order valence-electron chi connectivity index (χ1n) is 32.1. The molecule has 6 heterocycles. The largest absolute Gasteiger partial charge is 0.455 e. The van der Waals surface area contributed by atoms with Crippen LogP contribution in [-0.2, 0) is 85.5 Å². The number of hydrogen-bond donors (Lipinski definition) is 11. The smallest absolute Gasteiger partial charge is 0.333 e. The van der Waals surface area contributed by atoms with Gasteiger partial charge in [0.05, 0.1) is 56.1 Å². The normalized spacial score (nSPS) is 41.6. The Kier molecular flexibility index (Phi) is 30.4. The molecule has 6 aliphatic rings. The van der Waals surface area contributed by atoms with E-state index >= 15 is 0 Å². The van der Waals surface area contributed by atoms with Crippen LogP contribution in [0.15, 0.2) is 11.6 Å². The zero-order valence-corrected chi connectivity index (χ0v) is 53.1. The molecule has 0 aromatic heterocycles. The van der Waals surface area contributed by atoms with E-state index in [0.29, 0.717) is 25.7 Å². The van der Waals surface area contributed by atoms with Gasteiger partial charge in [-0.25, -0.2) is 4.79 Å². The van der Waals surface area contributed by atoms with Crippen molar-refractivity contribution in [1.29, 1.82) is 0 Å². The third-order valence-corrected chi connectivity index (χ3v) is 17.9. The van der Waals surface area contributed by atoms with Crippen LogP contribution in [-0.4, -0.2) is 266 Å². The van der Waals surface area contributed by atoms with Gasteiger partial charge in [-0.1, -0.05) is 84.6 Å². The lowest BCUT2D eigenvalue weighted by molar-refractivity contribution is -0.413. The number of esters is 4. The van der Waals surface area contributed by atoms with Crippen molar-refractivity contribution in [3.8, 4) is 0 Å². The minimum absolute atomic E-state index is 0.0640. The predicted molar refractivity (Wildman–Crippen MR) is 307 cm³/mol. The Morgan fingerprint density at radius 3 is 1.78 bits per heavy atom. The minimum Gasteiger partial charge on any atom is -0.455 e. The molecule has 0 amide bonds. The molecule has 29 atom stereocenters. The number of fused-ring (bicyclic) bond motifs is 4. The summed E-state index contributed by atoms with van der Waals surface area (Å²) in [6.45, 7) is 10.8. The van der Waals surface area contributed by atoms with Crippen LogP contribution in [0.1, 0.15) is 152 Å². The highest BCUT2D eigenvalue weighted by Gasteiger charge is 2.60. The highest BCUT2D eigenvalue weighted by molar-refractivity contribution is 5.87. The topological polar surface area (TPSA) is 420 Å². The fraction of sp³-hybridized carbons (Fsp3) is 0.902. The second kappa shape index (κ2) is 36.0. The van der Waals surface area contributed by atoms with E-state index in [0.717, 1.165) is 51.4 Å². The summed E-state index contributed by atoms with van der Waals surface area (Å²) in [4.78, 5) is 55.9. The molecule has 0 saturated carbocycles. The van der Waals surface area contributed by atoms with E-state index in [1.165, 1.54) is 40.7 Å². The van der Waals surface area contributed by atoms with Gasteiger partial charge >= 0.3 is 23.9 Å². The molecule has 0 aromatic carbocycles. The van der Waals surface area contributed by atoms with Crippen LogP contribution in [0.3, 0.4) is 0 Å². The monoisotopic (exact) mass is 1300 g/mol. The van der Waals surface area contributed by atoms with E-state index in [4.69, 9.17) is 66.3 Å². The molecule has 29 heteroatoms. The van der Waals surface area contributed by atoms with Crippen LogP contribution in [0.25, 0.3) is 0 Å². The fourth-order valence-corrected chi connectivity index (χ4v) is 11.5. The molecule has 11 N–H and O–H groups in total. The van der Waals surface area contributed by atoms with Crippen molar-refractivity contribution in [1.82, 2.24) is 0 Å². The van der Waals surface area contributed by atoms with Crippen molar-refractivity contribution in [2.24, 2.45) is 11.8 Å². The number of allylic oxidation sites excluding steroid dienone is 1. The van der Waals surface area contributed by atoms with E-state index in [1.54, 1.807) is 20.8 Å². The van der Waals surface area contributed by atoms with Crippen molar-refractivity contribution in [3.63, 3.8) is 0 Å². The van der Waals surface area contributed by atoms with E-state index in [1.807, 2.05) is 0 Å². The highest BCUT2D eigenvalue weighted by atomic mass is 16.8. The second-order valence-electron chi connectivity index (χ2n) is 24.6. The highest BCUT2D eigenvalue weighted by Crippen LogP contribution is 2.40. The molecule has 0 aliphatic carbocycles. The fourth-order valence-electron chi connectivity index (χ4n) is 11.5. The van der Waals surface area contributed by atoms with Gasteiger partial charge in [-0.05, 0) is 67.2 Å². The summed E-state index contributed by atoms with van der Waals surface area (Å²) in [6.07, 6.45) is -38.1. The van der Waals surface area contributed by atoms with Crippen molar-refractivity contribution in [2.45, 2.75) is 318 Å². The Bertz CT molecular complexity index is 2220. The van der Waals surface area contributed by atoms with Crippen LogP contribution in [0.4, 0.5) is 0 Å². The van der Waals surface area contributed by atoms with Crippen LogP contribution in [0.5, 0.6) is 0 Å². The maximum atomic E-state index is 14.4. The number of ether oxygens (including phenoxy) is 14. The van der Waals surface area contributed by atoms with Gasteiger partial charge in [0.15, 0.2) is 55.9 Å². The van der Waals surface area contributed by atoms with Gasteiger partial charge in [-0.2, -0.15) is 0 Å². The van der Waals surface area contributed by atoms with Crippen LogP contribution >= 0.6 is 0 Å². The van der Waals surface area contributed by atoms with Gasteiger partial charge in [0.25, 0.3) is 0 Å². The summed E-state index contributed by atoms with van der Waals surface area (Å²) in [6, 6.07) is 0. The molecule has 2 bridgehead atoms. The molecule has 0 spiro atoms. The molecule has 6 aliphatic heterocycles. The maximum Gasteiger partial charge on any atom is 0.333 e. The first-order valence-corrected chi connectivity index (χ1v) is 32.1. The molecular weight excluding hydrogens is 1200 g/mol. The zero-order chi connectivity index (χ0) is 66.3. The third-order valence-electron chi connectivity index (χ3n) is 17.9. The molecule has 0 aromatic rings. The van der Waals surface area contributed by atoms with Gasteiger partial charge in [0.1, 0.15) is 85.5 Å². The predicted octanol–water partition coefficient (Wildman–Crippen LogP) is -0.139. The van der Waals surface area contributed by atoms with Crippen LogP contribution in [0, 0.1) is 11.8 Å². The molecule has 6 saturated heterocycles. The SMILES string of the molecule is CC=C(C)C(=O)OC1C(C)OC(OC2C3OC(CO)C(O)C2OC2OC(CO)C(O)C(OC(=O)C(C)CC)C2OC(=O)CCCCCCCCCC(CCCCC)OC2OC(C)C(O)C(O)C2O3)C(OC(=O)C(C)C(C)O)C1OC1OC(CO)C(O)C(O)C1O. The Morgan fingerprint density at radius 2 is 1.14 bits per heavy atom. The molecule has 29 unspecified atom stereocenters. The number of hydrogen-bond acceptors (Lipinski definition) is 29. The second-order valence-corrected chi connectivity index (χ2v) is 24.6. The third kappa shape index (κ3) is 19.3. The molecular formula is C61H102O29. The van der Waals surface area contributed by atoms with Crippen molar-refractivity contribution < 1.29 is 142 Å². The summed E-state index contributed by atoms with van der Waals surface area (Å²) in [7, 11) is 0.